The summed E-state index contributed by atoms with van der Waals surface area (Å²) < 4.78 is 11.0. The van der Waals surface area contributed by atoms with E-state index in [-0.39, 0.29) is 11.8 Å². The largest absolute Gasteiger partial charge is 0.486 e. The van der Waals surface area contributed by atoms with Gasteiger partial charge in [0.05, 0.1) is 10.9 Å². The van der Waals surface area contributed by atoms with Gasteiger partial charge in [0, 0.05) is 12.5 Å². The molecule has 1 aliphatic heterocycles. The molecule has 1 amide bonds. The van der Waals surface area contributed by atoms with Crippen LogP contribution in [0, 0.1) is 11.8 Å². The normalized spacial score (nSPS) is 22.2. The topological polar surface area (TPSA) is 84.9 Å². The average molecular weight is 354 g/mol. The Bertz CT molecular complexity index is 648. The molecule has 0 bridgehead atoms. The first-order valence-corrected chi connectivity index (χ1v) is 8.51. The molecular formula is C17H20ClNO5. The molecule has 3 rings (SSSR count). The van der Waals surface area contributed by atoms with Gasteiger partial charge in [-0.3, -0.25) is 9.59 Å². The van der Waals surface area contributed by atoms with Gasteiger partial charge in [0.2, 0.25) is 5.91 Å². The molecule has 24 heavy (non-hydrogen) atoms. The Labute approximate surface area is 145 Å². The van der Waals surface area contributed by atoms with E-state index < -0.39 is 11.9 Å². The summed E-state index contributed by atoms with van der Waals surface area (Å²) in [6.45, 7) is 1.46. The lowest BCUT2D eigenvalue weighted by molar-refractivity contribution is -0.141. The lowest BCUT2D eigenvalue weighted by atomic mass is 10.0. The molecule has 130 valence electrons. The third-order valence-electron chi connectivity index (χ3n) is 4.52. The van der Waals surface area contributed by atoms with Crippen LogP contribution < -0.4 is 14.8 Å². The Balaban J connectivity index is 1.51. The standard InChI is InChI=1S/C17H20ClNO5/c18-13-7-10(8-14-15(13)24-6-5-23-14)3-4-19-16(20)11-1-2-12(9-11)17(21)22/h7-8,11-12H,1-6,9H2,(H,19,20)(H,21,22)/t11-,12+/m0/s1. The molecule has 1 saturated carbocycles. The second-order valence-corrected chi connectivity index (χ2v) is 6.60. The Morgan fingerprint density at radius 3 is 2.71 bits per heavy atom. The van der Waals surface area contributed by atoms with Crippen molar-refractivity contribution in [2.75, 3.05) is 19.8 Å². The van der Waals surface area contributed by atoms with Gasteiger partial charge in [-0.25, -0.2) is 0 Å². The van der Waals surface area contributed by atoms with Gasteiger partial charge in [0.25, 0.3) is 0 Å². The van der Waals surface area contributed by atoms with Crippen molar-refractivity contribution in [3.8, 4) is 11.5 Å². The van der Waals surface area contributed by atoms with E-state index >= 15 is 0 Å². The van der Waals surface area contributed by atoms with Crippen molar-refractivity contribution in [1.29, 1.82) is 0 Å². The van der Waals surface area contributed by atoms with Gasteiger partial charge >= 0.3 is 5.97 Å². The molecule has 6 nitrogen and oxygen atoms in total. The molecule has 7 heteroatoms. The number of nitrogens with one attached hydrogen (secondary N) is 1. The smallest absolute Gasteiger partial charge is 0.306 e. The first-order chi connectivity index (χ1) is 11.5. The van der Waals surface area contributed by atoms with Crippen molar-refractivity contribution in [3.63, 3.8) is 0 Å². The third-order valence-corrected chi connectivity index (χ3v) is 4.80. The number of fused-ring (bicyclic) bond motifs is 1. The maximum absolute atomic E-state index is 12.1. The number of carbonyl (C=O) groups excluding carboxylic acids is 1. The number of carbonyl (C=O) groups is 2. The number of ether oxygens (including phenoxy) is 2. The van der Waals surface area contributed by atoms with Crippen molar-refractivity contribution in [2.24, 2.45) is 11.8 Å². The zero-order valence-electron chi connectivity index (χ0n) is 13.2. The second kappa shape index (κ2) is 7.30. The minimum atomic E-state index is -0.809. The molecular weight excluding hydrogens is 334 g/mol. The van der Waals surface area contributed by atoms with Crippen LogP contribution in [0.15, 0.2) is 12.1 Å². The molecule has 1 fully saturated rings. The summed E-state index contributed by atoms with van der Waals surface area (Å²) in [5.74, 6) is -0.262. The Kier molecular flexibility index (Phi) is 5.14. The zero-order valence-corrected chi connectivity index (χ0v) is 14.0. The van der Waals surface area contributed by atoms with E-state index in [0.717, 1.165) is 5.56 Å². The molecule has 0 saturated heterocycles. The van der Waals surface area contributed by atoms with E-state index in [1.165, 1.54) is 0 Å². The molecule has 0 radical (unpaired) electrons. The van der Waals surface area contributed by atoms with Crippen molar-refractivity contribution in [3.05, 3.63) is 22.7 Å². The highest BCUT2D eigenvalue weighted by Crippen LogP contribution is 2.38. The molecule has 0 aromatic heterocycles. The average Bonchev–Trinajstić information content (AvgIpc) is 3.05. The molecule has 0 spiro atoms. The van der Waals surface area contributed by atoms with Crippen molar-refractivity contribution in [1.82, 2.24) is 5.32 Å². The number of hydrogen-bond donors (Lipinski definition) is 2. The highest BCUT2D eigenvalue weighted by atomic mass is 35.5. The summed E-state index contributed by atoms with van der Waals surface area (Å²) in [5, 5.41) is 12.4. The van der Waals surface area contributed by atoms with Crippen LogP contribution in [0.5, 0.6) is 11.5 Å². The number of aliphatic carboxylic acids is 1. The summed E-state index contributed by atoms with van der Waals surface area (Å²) in [6.07, 6.45) is 2.26. The molecule has 1 aromatic rings. The summed E-state index contributed by atoms with van der Waals surface area (Å²) in [5.41, 5.74) is 0.958. The molecule has 2 atom stereocenters. The predicted octanol–water partition coefficient (Wildman–Crippen LogP) is 2.27. The van der Waals surface area contributed by atoms with Crippen molar-refractivity contribution >= 4 is 23.5 Å². The van der Waals surface area contributed by atoms with E-state index in [1.54, 1.807) is 0 Å². The summed E-state index contributed by atoms with van der Waals surface area (Å²) in [4.78, 5) is 23.1. The van der Waals surface area contributed by atoms with Gasteiger partial charge in [-0.2, -0.15) is 0 Å². The van der Waals surface area contributed by atoms with Crippen molar-refractivity contribution in [2.45, 2.75) is 25.7 Å². The van der Waals surface area contributed by atoms with E-state index in [1.807, 2.05) is 12.1 Å². The van der Waals surface area contributed by atoms with Gasteiger partial charge in [-0.05, 0) is 43.4 Å². The fourth-order valence-electron chi connectivity index (χ4n) is 3.23. The zero-order chi connectivity index (χ0) is 17.1. The van der Waals surface area contributed by atoms with Crippen LogP contribution in [-0.4, -0.2) is 36.7 Å². The number of halogens is 1. The minimum absolute atomic E-state index is 0.0672. The Hall–Kier alpha value is -1.95. The number of carboxylic acids is 1. The van der Waals surface area contributed by atoms with Gasteiger partial charge in [0.15, 0.2) is 11.5 Å². The monoisotopic (exact) mass is 353 g/mol. The van der Waals surface area contributed by atoms with Crippen LogP contribution in [0.2, 0.25) is 5.02 Å². The first-order valence-electron chi connectivity index (χ1n) is 8.13. The van der Waals surface area contributed by atoms with Gasteiger partial charge in [-0.1, -0.05) is 11.6 Å². The first kappa shape index (κ1) is 16.9. The molecule has 1 aliphatic carbocycles. The maximum atomic E-state index is 12.1. The summed E-state index contributed by atoms with van der Waals surface area (Å²) in [6, 6.07) is 3.69. The van der Waals surface area contributed by atoms with Crippen LogP contribution in [0.4, 0.5) is 0 Å². The van der Waals surface area contributed by atoms with Crippen LogP contribution in [0.1, 0.15) is 24.8 Å². The number of amides is 1. The molecule has 2 aliphatic rings. The number of hydrogen-bond acceptors (Lipinski definition) is 4. The third kappa shape index (κ3) is 3.75. The number of rotatable bonds is 5. The number of carboxylic acid groups (broad SMARTS) is 1. The van der Waals surface area contributed by atoms with Gasteiger partial charge in [0.1, 0.15) is 13.2 Å². The highest BCUT2D eigenvalue weighted by Gasteiger charge is 2.33. The minimum Gasteiger partial charge on any atom is -0.486 e. The number of benzene rings is 1. The second-order valence-electron chi connectivity index (χ2n) is 6.19. The van der Waals surface area contributed by atoms with Crippen LogP contribution in [0.3, 0.4) is 0 Å². The van der Waals surface area contributed by atoms with E-state index in [0.29, 0.717) is 62.0 Å². The van der Waals surface area contributed by atoms with Crippen LogP contribution in [-0.2, 0) is 16.0 Å². The van der Waals surface area contributed by atoms with Crippen molar-refractivity contribution < 1.29 is 24.2 Å². The lowest BCUT2D eigenvalue weighted by Crippen LogP contribution is -2.31. The molecule has 2 N–H and O–H groups in total. The summed E-state index contributed by atoms with van der Waals surface area (Å²) in [7, 11) is 0. The van der Waals surface area contributed by atoms with E-state index in [9.17, 15) is 9.59 Å². The van der Waals surface area contributed by atoms with Crippen LogP contribution in [0.25, 0.3) is 0 Å². The maximum Gasteiger partial charge on any atom is 0.306 e. The molecule has 1 heterocycles. The highest BCUT2D eigenvalue weighted by molar-refractivity contribution is 6.32. The van der Waals surface area contributed by atoms with E-state index in [2.05, 4.69) is 5.32 Å². The fourth-order valence-corrected chi connectivity index (χ4v) is 3.51. The quantitative estimate of drug-likeness (QED) is 0.848. The molecule has 0 unspecified atom stereocenters. The Morgan fingerprint density at radius 1 is 1.21 bits per heavy atom. The van der Waals surface area contributed by atoms with E-state index in [4.69, 9.17) is 26.2 Å². The fraction of sp³-hybridized carbons (Fsp3) is 0.529. The van der Waals surface area contributed by atoms with Crippen LogP contribution >= 0.6 is 11.6 Å². The van der Waals surface area contributed by atoms with Gasteiger partial charge < -0.3 is 19.9 Å². The molecule has 1 aromatic carbocycles. The van der Waals surface area contributed by atoms with Gasteiger partial charge in [-0.15, -0.1) is 0 Å². The Morgan fingerprint density at radius 2 is 1.96 bits per heavy atom. The summed E-state index contributed by atoms with van der Waals surface area (Å²) >= 11 is 6.19. The predicted molar refractivity (Wildman–Crippen MR) is 87.6 cm³/mol. The SMILES string of the molecule is O=C(O)[C@@H]1CC[C@H](C(=O)NCCc2cc(Cl)c3c(c2)OCCO3)C1. The lowest BCUT2D eigenvalue weighted by Gasteiger charge is -2.20.